The molecule has 0 aliphatic carbocycles. The number of anilines is 1. The van der Waals surface area contributed by atoms with Crippen LogP contribution in [0.15, 0.2) is 77.7 Å². The minimum atomic E-state index is -0.479. The van der Waals surface area contributed by atoms with E-state index in [1.807, 2.05) is 18.2 Å². The van der Waals surface area contributed by atoms with Crippen molar-refractivity contribution in [3.8, 4) is 5.75 Å². The molecule has 160 valence electrons. The lowest BCUT2D eigenvalue weighted by atomic mass is 10.0. The summed E-state index contributed by atoms with van der Waals surface area (Å²) >= 11 is 0. The van der Waals surface area contributed by atoms with Crippen LogP contribution in [0.25, 0.3) is 11.0 Å². The number of fused-ring (bicyclic) bond motifs is 1. The average Bonchev–Trinajstić information content (AvgIpc) is 2.81. The van der Waals surface area contributed by atoms with Crippen molar-refractivity contribution in [3.05, 3.63) is 100.0 Å². The van der Waals surface area contributed by atoms with Crippen LogP contribution in [-0.4, -0.2) is 28.4 Å². The maximum atomic E-state index is 13.3. The molecule has 0 spiro atoms. The van der Waals surface area contributed by atoms with Crippen LogP contribution in [0.1, 0.15) is 21.6 Å². The van der Waals surface area contributed by atoms with Gasteiger partial charge in [0.1, 0.15) is 17.9 Å². The molecule has 1 N–H and O–H groups in total. The summed E-state index contributed by atoms with van der Waals surface area (Å²) in [6.45, 7) is 1.68. The minimum Gasteiger partial charge on any atom is -0.496 e. The zero-order chi connectivity index (χ0) is 22.7. The number of aromatic nitrogens is 2. The number of amides is 1. The Morgan fingerprint density at radius 2 is 1.69 bits per heavy atom. The monoisotopic (exact) mass is 427 g/mol. The van der Waals surface area contributed by atoms with Gasteiger partial charge in [0.25, 0.3) is 0 Å². The highest BCUT2D eigenvalue weighted by molar-refractivity contribution is 6.11. The summed E-state index contributed by atoms with van der Waals surface area (Å²) in [5.41, 5.74) is 1.46. The van der Waals surface area contributed by atoms with Crippen molar-refractivity contribution in [1.29, 1.82) is 0 Å². The molecule has 0 aliphatic heterocycles. The fraction of sp³-hybridized carbons (Fsp3) is 0.120. The highest BCUT2D eigenvalue weighted by Gasteiger charge is 2.21. The first-order valence-electron chi connectivity index (χ1n) is 10.0. The third-order valence-corrected chi connectivity index (χ3v) is 5.03. The van der Waals surface area contributed by atoms with Crippen LogP contribution in [0.4, 0.5) is 5.69 Å². The van der Waals surface area contributed by atoms with Gasteiger partial charge in [0.15, 0.2) is 0 Å². The molecule has 4 rings (SSSR count). The Bertz CT molecular complexity index is 1380. The SMILES string of the molecule is COc1ccccc1C(=O)c1cn(CC(=O)Nc2ccccc2)c2nc(C)ccc2c1=O. The Balaban J connectivity index is 1.80. The first-order chi connectivity index (χ1) is 15.5. The Labute approximate surface area is 184 Å². The van der Waals surface area contributed by atoms with Gasteiger partial charge in [0.2, 0.25) is 17.1 Å². The van der Waals surface area contributed by atoms with E-state index >= 15 is 0 Å². The lowest BCUT2D eigenvalue weighted by molar-refractivity contribution is -0.116. The van der Waals surface area contributed by atoms with Crippen molar-refractivity contribution in [2.45, 2.75) is 13.5 Å². The van der Waals surface area contributed by atoms with Gasteiger partial charge >= 0.3 is 0 Å². The summed E-state index contributed by atoms with van der Waals surface area (Å²) in [6.07, 6.45) is 1.40. The number of aryl methyl sites for hydroxylation is 1. The predicted octanol–water partition coefficient (Wildman–Crippen LogP) is 3.58. The first-order valence-corrected chi connectivity index (χ1v) is 10.0. The topological polar surface area (TPSA) is 90.3 Å². The standard InChI is InChI=1S/C25H21N3O4/c1-16-12-13-19-24(31)20(23(30)18-10-6-7-11-21(18)32-2)14-28(25(19)26-16)15-22(29)27-17-8-4-3-5-9-17/h3-14H,15H2,1-2H3,(H,27,29). The molecule has 0 radical (unpaired) electrons. The number of pyridine rings is 2. The summed E-state index contributed by atoms with van der Waals surface area (Å²) in [5.74, 6) is -0.417. The van der Waals surface area contributed by atoms with Crippen molar-refractivity contribution < 1.29 is 14.3 Å². The fourth-order valence-electron chi connectivity index (χ4n) is 3.50. The van der Waals surface area contributed by atoms with Gasteiger partial charge in [0, 0.05) is 17.6 Å². The number of ether oxygens (including phenoxy) is 1. The second kappa shape index (κ2) is 8.85. The van der Waals surface area contributed by atoms with Crippen LogP contribution in [-0.2, 0) is 11.3 Å². The van der Waals surface area contributed by atoms with E-state index in [0.29, 0.717) is 22.8 Å². The van der Waals surface area contributed by atoms with E-state index < -0.39 is 11.2 Å². The number of ketones is 1. The number of hydrogen-bond acceptors (Lipinski definition) is 5. The molecule has 0 bridgehead atoms. The van der Waals surface area contributed by atoms with Gasteiger partial charge in [-0.1, -0.05) is 30.3 Å². The van der Waals surface area contributed by atoms with E-state index in [-0.39, 0.29) is 29.0 Å². The van der Waals surface area contributed by atoms with Crippen LogP contribution in [0, 0.1) is 6.92 Å². The molecular weight excluding hydrogens is 406 g/mol. The van der Waals surface area contributed by atoms with E-state index in [2.05, 4.69) is 10.3 Å². The molecule has 7 nitrogen and oxygen atoms in total. The Kier molecular flexibility index (Phi) is 5.81. The second-order valence-corrected chi connectivity index (χ2v) is 7.27. The maximum Gasteiger partial charge on any atom is 0.244 e. The zero-order valence-corrected chi connectivity index (χ0v) is 17.7. The van der Waals surface area contributed by atoms with E-state index in [1.54, 1.807) is 55.5 Å². The lowest BCUT2D eigenvalue weighted by Gasteiger charge is -2.14. The van der Waals surface area contributed by atoms with E-state index in [0.717, 1.165) is 0 Å². The lowest BCUT2D eigenvalue weighted by Crippen LogP contribution is -2.25. The van der Waals surface area contributed by atoms with Gasteiger partial charge in [0.05, 0.1) is 23.6 Å². The largest absolute Gasteiger partial charge is 0.496 e. The third-order valence-electron chi connectivity index (χ3n) is 5.03. The van der Waals surface area contributed by atoms with Crippen LogP contribution >= 0.6 is 0 Å². The molecular formula is C25H21N3O4. The smallest absolute Gasteiger partial charge is 0.244 e. The van der Waals surface area contributed by atoms with Crippen LogP contribution in [0.2, 0.25) is 0 Å². The van der Waals surface area contributed by atoms with Gasteiger partial charge in [-0.05, 0) is 43.3 Å². The quantitative estimate of drug-likeness (QED) is 0.475. The summed E-state index contributed by atoms with van der Waals surface area (Å²) in [7, 11) is 1.46. The maximum absolute atomic E-state index is 13.3. The van der Waals surface area contributed by atoms with Gasteiger partial charge < -0.3 is 14.6 Å². The average molecular weight is 427 g/mol. The molecule has 32 heavy (non-hydrogen) atoms. The van der Waals surface area contributed by atoms with Crippen LogP contribution in [0.3, 0.4) is 0 Å². The van der Waals surface area contributed by atoms with Crippen molar-refractivity contribution in [2.75, 3.05) is 12.4 Å². The molecule has 0 unspecified atom stereocenters. The molecule has 2 heterocycles. The summed E-state index contributed by atoms with van der Waals surface area (Å²) in [5, 5.41) is 3.08. The third kappa shape index (κ3) is 4.13. The fourth-order valence-corrected chi connectivity index (χ4v) is 3.50. The summed E-state index contributed by atoms with van der Waals surface area (Å²) in [4.78, 5) is 43.6. The molecule has 7 heteroatoms. The molecule has 2 aromatic carbocycles. The Morgan fingerprint density at radius 1 is 0.969 bits per heavy atom. The van der Waals surface area contributed by atoms with Crippen molar-refractivity contribution in [2.24, 2.45) is 0 Å². The van der Waals surface area contributed by atoms with Gasteiger partial charge in [-0.15, -0.1) is 0 Å². The molecule has 2 aromatic heterocycles. The number of rotatable bonds is 6. The number of benzene rings is 2. The van der Waals surface area contributed by atoms with Gasteiger partial charge in [-0.25, -0.2) is 4.98 Å². The molecule has 0 fully saturated rings. The van der Waals surface area contributed by atoms with Gasteiger partial charge in [-0.2, -0.15) is 0 Å². The van der Waals surface area contributed by atoms with Crippen molar-refractivity contribution in [1.82, 2.24) is 9.55 Å². The summed E-state index contributed by atoms with van der Waals surface area (Å²) < 4.78 is 6.82. The number of carbonyl (C=O) groups excluding carboxylic acids is 2. The number of para-hydroxylation sites is 2. The van der Waals surface area contributed by atoms with E-state index in [4.69, 9.17) is 4.74 Å². The van der Waals surface area contributed by atoms with E-state index in [9.17, 15) is 14.4 Å². The predicted molar refractivity (Wildman–Crippen MR) is 122 cm³/mol. The summed E-state index contributed by atoms with van der Waals surface area (Å²) in [6, 6.07) is 19.1. The molecule has 4 aromatic rings. The number of methoxy groups -OCH3 is 1. The normalized spacial score (nSPS) is 10.7. The highest BCUT2D eigenvalue weighted by Crippen LogP contribution is 2.21. The van der Waals surface area contributed by atoms with E-state index in [1.165, 1.54) is 17.9 Å². The molecule has 0 saturated heterocycles. The number of nitrogens with zero attached hydrogens (tertiary/aromatic N) is 2. The molecule has 0 aliphatic rings. The first kappa shape index (κ1) is 21.0. The zero-order valence-electron chi connectivity index (χ0n) is 17.7. The van der Waals surface area contributed by atoms with Gasteiger partial charge in [-0.3, -0.25) is 14.4 Å². The Morgan fingerprint density at radius 3 is 2.44 bits per heavy atom. The van der Waals surface area contributed by atoms with Crippen LogP contribution < -0.4 is 15.5 Å². The second-order valence-electron chi connectivity index (χ2n) is 7.27. The number of nitrogens with one attached hydrogen (secondary N) is 1. The number of carbonyl (C=O) groups is 2. The Hall–Kier alpha value is -4.26. The minimum absolute atomic E-state index is 0.0554. The molecule has 1 amide bonds. The van der Waals surface area contributed by atoms with Crippen LogP contribution in [0.5, 0.6) is 5.75 Å². The van der Waals surface area contributed by atoms with Crippen molar-refractivity contribution >= 4 is 28.4 Å². The molecule has 0 atom stereocenters. The number of hydrogen-bond donors (Lipinski definition) is 1. The highest BCUT2D eigenvalue weighted by atomic mass is 16.5. The van der Waals surface area contributed by atoms with Crippen molar-refractivity contribution in [3.63, 3.8) is 0 Å². The molecule has 0 saturated carbocycles.